The zero-order valence-corrected chi connectivity index (χ0v) is 28.1. The number of aliphatic hydroxyl groups excluding tert-OH is 2. The first kappa shape index (κ1) is 42.8. The predicted molar refractivity (Wildman–Crippen MR) is 178 cm³/mol. The van der Waals surface area contributed by atoms with Crippen LogP contribution in [-0.2, 0) is 19.2 Å². The number of unbranched alkanes of at least 4 members (excludes halogenated alkanes) is 16. The summed E-state index contributed by atoms with van der Waals surface area (Å²) in [5, 5.41) is 41.8. The maximum Gasteiger partial charge on any atom is 0.303 e. The van der Waals surface area contributed by atoms with Gasteiger partial charge in [-0.2, -0.15) is 0 Å². The molecule has 0 aliphatic rings. The van der Waals surface area contributed by atoms with Gasteiger partial charge in [-0.05, 0) is 51.4 Å². The van der Waals surface area contributed by atoms with Crippen molar-refractivity contribution in [1.29, 1.82) is 0 Å². The Labute approximate surface area is 272 Å². The SMILES string of the molecule is O=C(O)CCCCCCCC(CCCCCCCO)NC(=O)CC(=O)NC(CCCCCCCO)CCCCCCCC(=O)O. The standard InChI is InChI=1S/C35H66N2O8/c38-27-19-11-3-7-15-23-30(21-13-5-1-9-17-25-34(42)43)36-32(40)29-33(41)37-31(24-16-8-4-12-20-28-39)22-14-6-2-10-18-26-35(44)45/h30-31,38-39H,1-29H2,(H,36,40)(H,37,41)(H,42,43)(H,44,45). The fourth-order valence-electron chi connectivity index (χ4n) is 5.74. The van der Waals surface area contributed by atoms with Gasteiger partial charge in [-0.15, -0.1) is 0 Å². The number of rotatable bonds is 34. The summed E-state index contributed by atoms with van der Waals surface area (Å²) in [7, 11) is 0. The molecule has 0 aromatic rings. The normalized spacial score (nSPS) is 12.5. The van der Waals surface area contributed by atoms with Crippen molar-refractivity contribution in [2.24, 2.45) is 0 Å². The lowest BCUT2D eigenvalue weighted by atomic mass is 9.99. The molecule has 2 amide bonds. The van der Waals surface area contributed by atoms with Crippen LogP contribution >= 0.6 is 0 Å². The second-order valence-electron chi connectivity index (χ2n) is 12.7. The van der Waals surface area contributed by atoms with Crippen LogP contribution in [0.1, 0.15) is 173 Å². The third kappa shape index (κ3) is 31.6. The fraction of sp³-hybridized carbons (Fsp3) is 0.886. The van der Waals surface area contributed by atoms with Crippen molar-refractivity contribution >= 4 is 23.8 Å². The summed E-state index contributed by atoms with van der Waals surface area (Å²) in [6.07, 6.45) is 22.4. The third-order valence-electron chi connectivity index (χ3n) is 8.36. The van der Waals surface area contributed by atoms with Crippen molar-refractivity contribution in [1.82, 2.24) is 10.6 Å². The van der Waals surface area contributed by atoms with E-state index >= 15 is 0 Å². The van der Waals surface area contributed by atoms with Gasteiger partial charge in [-0.25, -0.2) is 0 Å². The fourth-order valence-corrected chi connectivity index (χ4v) is 5.74. The Morgan fingerprint density at radius 1 is 0.400 bits per heavy atom. The first-order chi connectivity index (χ1) is 21.8. The Kier molecular flexibility index (Phi) is 30.2. The summed E-state index contributed by atoms with van der Waals surface area (Å²) in [6, 6.07) is 0.0241. The molecule has 0 bridgehead atoms. The van der Waals surface area contributed by atoms with Crippen molar-refractivity contribution in [3.05, 3.63) is 0 Å². The van der Waals surface area contributed by atoms with Gasteiger partial charge in [-0.1, -0.05) is 103 Å². The molecule has 0 aromatic carbocycles. The predicted octanol–water partition coefficient (Wildman–Crippen LogP) is 6.64. The second-order valence-corrected chi connectivity index (χ2v) is 12.7. The Balaban J connectivity index is 4.75. The van der Waals surface area contributed by atoms with E-state index in [2.05, 4.69) is 10.6 Å². The minimum atomic E-state index is -0.758. The van der Waals surface area contributed by atoms with Crippen molar-refractivity contribution in [2.45, 2.75) is 185 Å². The Hall–Kier alpha value is -2.20. The monoisotopic (exact) mass is 642 g/mol. The Morgan fingerprint density at radius 2 is 0.667 bits per heavy atom. The van der Waals surface area contributed by atoms with Crippen LogP contribution in [-0.4, -0.2) is 69.5 Å². The molecule has 0 saturated carbocycles. The molecule has 0 aliphatic heterocycles. The summed E-state index contributed by atoms with van der Waals surface area (Å²) >= 11 is 0. The van der Waals surface area contributed by atoms with E-state index in [1.54, 1.807) is 0 Å². The number of hydrogen-bond donors (Lipinski definition) is 6. The van der Waals surface area contributed by atoms with E-state index in [-0.39, 0.29) is 56.4 Å². The zero-order chi connectivity index (χ0) is 33.4. The van der Waals surface area contributed by atoms with E-state index in [9.17, 15) is 19.2 Å². The topological polar surface area (TPSA) is 173 Å². The summed E-state index contributed by atoms with van der Waals surface area (Å²) in [5.41, 5.74) is 0. The molecule has 0 rings (SSSR count). The molecule has 0 spiro atoms. The average molecular weight is 643 g/mol. The van der Waals surface area contributed by atoms with Gasteiger partial charge in [0, 0.05) is 38.1 Å². The summed E-state index contributed by atoms with van der Waals surface area (Å²) in [4.78, 5) is 47.2. The van der Waals surface area contributed by atoms with Crippen LogP contribution in [0, 0.1) is 0 Å². The molecular weight excluding hydrogens is 576 g/mol. The number of nitrogens with one attached hydrogen (secondary N) is 2. The zero-order valence-electron chi connectivity index (χ0n) is 28.1. The quantitative estimate of drug-likeness (QED) is 0.0335. The van der Waals surface area contributed by atoms with Gasteiger partial charge < -0.3 is 31.1 Å². The van der Waals surface area contributed by atoms with Gasteiger partial charge in [0.25, 0.3) is 0 Å². The number of hydrogen-bond acceptors (Lipinski definition) is 6. The van der Waals surface area contributed by atoms with Gasteiger partial charge in [-0.3, -0.25) is 19.2 Å². The second kappa shape index (κ2) is 31.8. The van der Waals surface area contributed by atoms with Gasteiger partial charge in [0.05, 0.1) is 0 Å². The number of aliphatic carboxylic acids is 2. The minimum Gasteiger partial charge on any atom is -0.481 e. The number of carbonyl (C=O) groups is 4. The van der Waals surface area contributed by atoms with E-state index in [0.29, 0.717) is 12.8 Å². The molecule has 0 radical (unpaired) electrons. The highest BCUT2D eigenvalue weighted by Gasteiger charge is 2.18. The number of amides is 2. The lowest BCUT2D eigenvalue weighted by Gasteiger charge is -2.21. The molecule has 0 aliphatic carbocycles. The highest BCUT2D eigenvalue weighted by atomic mass is 16.4. The third-order valence-corrected chi connectivity index (χ3v) is 8.36. The van der Waals surface area contributed by atoms with Gasteiger partial charge >= 0.3 is 11.9 Å². The number of carboxylic acid groups (broad SMARTS) is 2. The molecule has 0 heterocycles. The van der Waals surface area contributed by atoms with Crippen LogP contribution in [0.3, 0.4) is 0 Å². The Bertz CT molecular complexity index is 689. The number of carbonyl (C=O) groups excluding carboxylic acids is 2. The molecule has 0 fully saturated rings. The molecule has 264 valence electrons. The molecule has 45 heavy (non-hydrogen) atoms. The molecule has 10 nitrogen and oxygen atoms in total. The molecule has 2 atom stereocenters. The maximum atomic E-state index is 12.9. The van der Waals surface area contributed by atoms with Gasteiger partial charge in [0.15, 0.2) is 0 Å². The van der Waals surface area contributed by atoms with E-state index in [0.717, 1.165) is 141 Å². The van der Waals surface area contributed by atoms with Crippen LogP contribution in [0.4, 0.5) is 0 Å². The van der Waals surface area contributed by atoms with E-state index < -0.39 is 11.9 Å². The lowest BCUT2D eigenvalue weighted by Crippen LogP contribution is -2.41. The highest BCUT2D eigenvalue weighted by molar-refractivity contribution is 5.97. The molecule has 6 N–H and O–H groups in total. The molecular formula is C35H66N2O8. The molecule has 0 saturated heterocycles. The summed E-state index contributed by atoms with van der Waals surface area (Å²) < 4.78 is 0. The first-order valence-corrected chi connectivity index (χ1v) is 18.0. The van der Waals surface area contributed by atoms with Crippen molar-refractivity contribution in [3.8, 4) is 0 Å². The van der Waals surface area contributed by atoms with Crippen LogP contribution in [0.2, 0.25) is 0 Å². The number of aliphatic hydroxyl groups is 2. The summed E-state index contributed by atoms with van der Waals surface area (Å²) in [5.74, 6) is -2.02. The summed E-state index contributed by atoms with van der Waals surface area (Å²) in [6.45, 7) is 0.431. The molecule has 0 aromatic heterocycles. The van der Waals surface area contributed by atoms with Crippen LogP contribution in [0.25, 0.3) is 0 Å². The first-order valence-electron chi connectivity index (χ1n) is 18.0. The van der Waals surface area contributed by atoms with Gasteiger partial charge in [0.1, 0.15) is 6.42 Å². The molecule has 2 unspecified atom stereocenters. The number of carboxylic acids is 2. The maximum absolute atomic E-state index is 12.9. The van der Waals surface area contributed by atoms with E-state index in [1.807, 2.05) is 0 Å². The Morgan fingerprint density at radius 3 is 0.956 bits per heavy atom. The van der Waals surface area contributed by atoms with Crippen molar-refractivity contribution < 1.29 is 39.6 Å². The largest absolute Gasteiger partial charge is 0.481 e. The van der Waals surface area contributed by atoms with Crippen LogP contribution in [0.15, 0.2) is 0 Å². The highest BCUT2D eigenvalue weighted by Crippen LogP contribution is 2.16. The smallest absolute Gasteiger partial charge is 0.303 e. The minimum absolute atomic E-state index is 0.0120. The van der Waals surface area contributed by atoms with E-state index in [4.69, 9.17) is 20.4 Å². The van der Waals surface area contributed by atoms with Crippen molar-refractivity contribution in [3.63, 3.8) is 0 Å². The van der Waals surface area contributed by atoms with Crippen LogP contribution < -0.4 is 10.6 Å². The van der Waals surface area contributed by atoms with E-state index in [1.165, 1.54) is 0 Å². The van der Waals surface area contributed by atoms with Gasteiger partial charge in [0.2, 0.25) is 11.8 Å². The molecule has 10 heteroatoms. The lowest BCUT2D eigenvalue weighted by molar-refractivity contribution is -0.138. The van der Waals surface area contributed by atoms with Crippen LogP contribution in [0.5, 0.6) is 0 Å². The average Bonchev–Trinajstić information content (AvgIpc) is 2.98. The van der Waals surface area contributed by atoms with Crippen molar-refractivity contribution in [2.75, 3.05) is 13.2 Å².